The highest BCUT2D eigenvalue weighted by Gasteiger charge is 2.34. The number of amides is 2. The van der Waals surface area contributed by atoms with E-state index < -0.39 is 0 Å². The Balaban J connectivity index is 1.67. The number of nitrogens with zero attached hydrogens (tertiary/aromatic N) is 2. The molecule has 1 saturated carbocycles. The molecule has 2 atom stereocenters. The van der Waals surface area contributed by atoms with Gasteiger partial charge in [0, 0.05) is 37.3 Å². The lowest BCUT2D eigenvalue weighted by Crippen LogP contribution is -2.40. The van der Waals surface area contributed by atoms with E-state index in [1.807, 2.05) is 74.8 Å². The van der Waals surface area contributed by atoms with Crippen LogP contribution in [0.3, 0.4) is 0 Å². The minimum absolute atomic E-state index is 0.0907. The van der Waals surface area contributed by atoms with Crippen LogP contribution in [0.15, 0.2) is 60.7 Å². The molecule has 2 amide bonds. The summed E-state index contributed by atoms with van der Waals surface area (Å²) in [6, 6.07) is 19.4. The molecular weight excluding hydrogens is 324 g/mol. The summed E-state index contributed by atoms with van der Waals surface area (Å²) in [5.41, 5.74) is 1.79. The third-order valence-corrected chi connectivity index (χ3v) is 5.32. The predicted octanol–water partition coefficient (Wildman–Crippen LogP) is 4.12. The van der Waals surface area contributed by atoms with Crippen molar-refractivity contribution in [2.75, 3.05) is 23.9 Å². The second kappa shape index (κ2) is 8.17. The van der Waals surface area contributed by atoms with Crippen molar-refractivity contribution in [1.82, 2.24) is 0 Å². The Morgan fingerprint density at radius 1 is 0.731 bits per heavy atom. The molecule has 0 aliphatic heterocycles. The first kappa shape index (κ1) is 18.2. The largest absolute Gasteiger partial charge is 0.315 e. The molecular formula is C22H26N2O2. The molecule has 26 heavy (non-hydrogen) atoms. The van der Waals surface area contributed by atoms with Crippen molar-refractivity contribution in [3.8, 4) is 0 Å². The van der Waals surface area contributed by atoms with E-state index in [0.29, 0.717) is 6.42 Å². The van der Waals surface area contributed by atoms with Crippen molar-refractivity contribution in [2.45, 2.75) is 25.7 Å². The molecule has 1 aliphatic rings. The molecule has 3 rings (SSSR count). The number of carbonyl (C=O) groups excluding carboxylic acids is 2. The summed E-state index contributed by atoms with van der Waals surface area (Å²) in [5, 5.41) is 0. The summed E-state index contributed by atoms with van der Waals surface area (Å²) < 4.78 is 0. The lowest BCUT2D eigenvalue weighted by molar-refractivity contribution is -0.127. The molecule has 0 aromatic heterocycles. The molecule has 2 unspecified atom stereocenters. The lowest BCUT2D eigenvalue weighted by atomic mass is 9.80. The maximum atomic E-state index is 12.9. The number of benzene rings is 2. The first-order valence-corrected chi connectivity index (χ1v) is 9.23. The molecule has 1 fully saturated rings. The normalized spacial score (nSPS) is 19.6. The van der Waals surface area contributed by atoms with Gasteiger partial charge in [-0.1, -0.05) is 42.8 Å². The molecule has 2 aromatic rings. The summed E-state index contributed by atoms with van der Waals surface area (Å²) in [6.07, 6.45) is 3.26. The van der Waals surface area contributed by atoms with E-state index in [-0.39, 0.29) is 23.7 Å². The Kier molecular flexibility index (Phi) is 5.71. The lowest BCUT2D eigenvalue weighted by Gasteiger charge is -2.32. The van der Waals surface area contributed by atoms with Crippen LogP contribution in [0.4, 0.5) is 11.4 Å². The minimum Gasteiger partial charge on any atom is -0.315 e. The molecule has 0 spiro atoms. The average Bonchev–Trinajstić information content (AvgIpc) is 2.73. The topological polar surface area (TPSA) is 40.6 Å². The summed E-state index contributed by atoms with van der Waals surface area (Å²) in [5.74, 6) is 0.0336. The zero-order chi connectivity index (χ0) is 18.5. The molecule has 0 radical (unpaired) electrons. The molecule has 4 nitrogen and oxygen atoms in total. The fourth-order valence-corrected chi connectivity index (χ4v) is 3.74. The highest BCUT2D eigenvalue weighted by Crippen LogP contribution is 2.33. The summed E-state index contributed by atoms with van der Waals surface area (Å²) in [6.45, 7) is 0. The van der Waals surface area contributed by atoms with Crippen molar-refractivity contribution < 1.29 is 9.59 Å². The van der Waals surface area contributed by atoms with Crippen LogP contribution in [-0.2, 0) is 9.59 Å². The third-order valence-electron chi connectivity index (χ3n) is 5.32. The van der Waals surface area contributed by atoms with Crippen molar-refractivity contribution in [2.24, 2.45) is 11.8 Å². The highest BCUT2D eigenvalue weighted by atomic mass is 16.2. The van der Waals surface area contributed by atoms with Gasteiger partial charge in [0.05, 0.1) is 0 Å². The Morgan fingerprint density at radius 3 is 1.50 bits per heavy atom. The van der Waals surface area contributed by atoms with E-state index in [2.05, 4.69) is 0 Å². The van der Waals surface area contributed by atoms with E-state index in [1.54, 1.807) is 9.80 Å². The Morgan fingerprint density at radius 2 is 1.12 bits per heavy atom. The van der Waals surface area contributed by atoms with Gasteiger partial charge in [0.15, 0.2) is 0 Å². The van der Waals surface area contributed by atoms with Gasteiger partial charge >= 0.3 is 0 Å². The van der Waals surface area contributed by atoms with Gasteiger partial charge in [0.2, 0.25) is 11.8 Å². The first-order valence-electron chi connectivity index (χ1n) is 9.23. The maximum Gasteiger partial charge on any atom is 0.229 e. The second-order valence-corrected chi connectivity index (χ2v) is 7.03. The van der Waals surface area contributed by atoms with Crippen LogP contribution in [0.2, 0.25) is 0 Å². The Hall–Kier alpha value is -2.62. The van der Waals surface area contributed by atoms with Crippen LogP contribution in [-0.4, -0.2) is 25.9 Å². The van der Waals surface area contributed by atoms with Crippen molar-refractivity contribution in [1.29, 1.82) is 0 Å². The molecule has 0 bridgehead atoms. The summed E-state index contributed by atoms with van der Waals surface area (Å²) >= 11 is 0. The van der Waals surface area contributed by atoms with Crippen LogP contribution >= 0.6 is 0 Å². The van der Waals surface area contributed by atoms with E-state index in [1.165, 1.54) is 0 Å². The van der Waals surface area contributed by atoms with Gasteiger partial charge in [-0.05, 0) is 43.5 Å². The second-order valence-electron chi connectivity index (χ2n) is 7.03. The van der Waals surface area contributed by atoms with Gasteiger partial charge < -0.3 is 9.80 Å². The smallest absolute Gasteiger partial charge is 0.229 e. The van der Waals surface area contributed by atoms with Gasteiger partial charge in [0.25, 0.3) is 0 Å². The average molecular weight is 350 g/mol. The zero-order valence-electron chi connectivity index (χ0n) is 15.5. The van der Waals surface area contributed by atoms with Crippen LogP contribution in [0.25, 0.3) is 0 Å². The molecule has 0 N–H and O–H groups in total. The minimum atomic E-state index is -0.0907. The number of anilines is 2. The quantitative estimate of drug-likeness (QED) is 0.832. The van der Waals surface area contributed by atoms with Crippen LogP contribution < -0.4 is 9.80 Å². The molecule has 0 saturated heterocycles. The molecule has 1 aliphatic carbocycles. The van der Waals surface area contributed by atoms with Gasteiger partial charge in [0.1, 0.15) is 0 Å². The maximum absolute atomic E-state index is 12.9. The van der Waals surface area contributed by atoms with E-state index >= 15 is 0 Å². The number of carbonyl (C=O) groups is 2. The molecule has 2 aromatic carbocycles. The van der Waals surface area contributed by atoms with Crippen LogP contribution in [0.1, 0.15) is 25.7 Å². The fourth-order valence-electron chi connectivity index (χ4n) is 3.74. The van der Waals surface area contributed by atoms with E-state index in [4.69, 9.17) is 0 Å². The number of hydrogen-bond donors (Lipinski definition) is 0. The predicted molar refractivity (Wildman–Crippen MR) is 105 cm³/mol. The summed E-state index contributed by atoms with van der Waals surface area (Å²) in [7, 11) is 3.64. The van der Waals surface area contributed by atoms with Gasteiger partial charge in [-0.25, -0.2) is 0 Å². The highest BCUT2D eigenvalue weighted by molar-refractivity contribution is 5.97. The van der Waals surface area contributed by atoms with Crippen molar-refractivity contribution in [3.05, 3.63) is 60.7 Å². The zero-order valence-corrected chi connectivity index (χ0v) is 15.5. The standard InChI is InChI=1S/C22H26N2O2/c1-23(19-12-5-3-6-13-19)21(25)17-10-9-11-18(16-17)22(26)24(2)20-14-7-4-8-15-20/h3-8,12-15,17-18H,9-11,16H2,1-2H3. The summed E-state index contributed by atoms with van der Waals surface area (Å²) in [4.78, 5) is 29.3. The van der Waals surface area contributed by atoms with Crippen LogP contribution in [0.5, 0.6) is 0 Å². The Labute approximate surface area is 155 Å². The van der Waals surface area contributed by atoms with E-state index in [9.17, 15) is 9.59 Å². The van der Waals surface area contributed by atoms with Gasteiger partial charge in [-0.2, -0.15) is 0 Å². The van der Waals surface area contributed by atoms with Gasteiger partial charge in [-0.3, -0.25) is 9.59 Å². The van der Waals surface area contributed by atoms with Crippen molar-refractivity contribution >= 4 is 23.2 Å². The Bertz CT molecular complexity index is 682. The number of para-hydroxylation sites is 2. The van der Waals surface area contributed by atoms with Crippen LogP contribution in [0, 0.1) is 11.8 Å². The first-order chi connectivity index (χ1) is 12.6. The monoisotopic (exact) mass is 350 g/mol. The number of hydrogen-bond acceptors (Lipinski definition) is 2. The van der Waals surface area contributed by atoms with Crippen molar-refractivity contribution in [3.63, 3.8) is 0 Å². The third kappa shape index (κ3) is 3.96. The number of rotatable bonds is 4. The SMILES string of the molecule is CN(C(=O)C1CCCC(C(=O)N(C)c2ccccc2)C1)c1ccccc1. The van der Waals surface area contributed by atoms with E-state index in [0.717, 1.165) is 30.6 Å². The molecule has 4 heteroatoms. The fraction of sp³-hybridized carbons (Fsp3) is 0.364. The van der Waals surface area contributed by atoms with Gasteiger partial charge in [-0.15, -0.1) is 0 Å². The molecule has 136 valence electrons. The molecule has 0 heterocycles.